The van der Waals surface area contributed by atoms with E-state index in [0.29, 0.717) is 11.6 Å². The molecule has 70 valence electrons. The molecule has 1 heterocycles. The van der Waals surface area contributed by atoms with Crippen LogP contribution < -0.4 is 10.5 Å². The molecule has 1 aliphatic carbocycles. The van der Waals surface area contributed by atoms with Crippen LogP contribution >= 0.6 is 0 Å². The number of rotatable bonds is 1. The number of pyridine rings is 1. The Labute approximate surface area is 77.9 Å². The third-order valence-electron chi connectivity index (χ3n) is 2.51. The number of ether oxygens (including phenoxy) is 1. The number of hydrogen-bond acceptors (Lipinski definition) is 3. The molecule has 0 bridgehead atoms. The van der Waals surface area contributed by atoms with Crippen molar-refractivity contribution in [1.82, 2.24) is 4.98 Å². The van der Waals surface area contributed by atoms with Gasteiger partial charge in [0.25, 0.3) is 0 Å². The van der Waals surface area contributed by atoms with Crippen molar-refractivity contribution >= 4 is 5.82 Å². The highest BCUT2D eigenvalue weighted by Gasteiger charge is 2.13. The van der Waals surface area contributed by atoms with Gasteiger partial charge >= 0.3 is 0 Å². The molecule has 0 saturated heterocycles. The van der Waals surface area contributed by atoms with Crippen LogP contribution in [0.4, 0.5) is 5.82 Å². The maximum absolute atomic E-state index is 5.72. The van der Waals surface area contributed by atoms with Crippen LogP contribution in [0.15, 0.2) is 6.07 Å². The quantitative estimate of drug-likeness (QED) is 0.709. The van der Waals surface area contributed by atoms with Gasteiger partial charge in [-0.1, -0.05) is 0 Å². The van der Waals surface area contributed by atoms with Crippen LogP contribution in [0.2, 0.25) is 0 Å². The highest BCUT2D eigenvalue weighted by molar-refractivity contribution is 5.49. The first-order chi connectivity index (χ1) is 6.31. The van der Waals surface area contributed by atoms with Crippen LogP contribution in [0.1, 0.15) is 24.1 Å². The lowest BCUT2D eigenvalue weighted by atomic mass is 9.96. The second-order valence-electron chi connectivity index (χ2n) is 3.39. The van der Waals surface area contributed by atoms with Gasteiger partial charge in [-0.2, -0.15) is 0 Å². The number of nitrogens with two attached hydrogens (primary N) is 1. The van der Waals surface area contributed by atoms with Gasteiger partial charge in [-0.25, -0.2) is 4.98 Å². The average Bonchev–Trinajstić information content (AvgIpc) is 2.17. The zero-order chi connectivity index (χ0) is 9.26. The third kappa shape index (κ3) is 1.46. The van der Waals surface area contributed by atoms with E-state index in [4.69, 9.17) is 10.5 Å². The normalized spacial score (nSPS) is 15.2. The summed E-state index contributed by atoms with van der Waals surface area (Å²) in [5.74, 6) is 1.23. The molecular weight excluding hydrogens is 164 g/mol. The Morgan fingerprint density at radius 1 is 1.38 bits per heavy atom. The van der Waals surface area contributed by atoms with Crippen LogP contribution in [-0.4, -0.2) is 12.1 Å². The molecule has 1 aliphatic rings. The van der Waals surface area contributed by atoms with Gasteiger partial charge in [-0.05, 0) is 37.3 Å². The van der Waals surface area contributed by atoms with Crippen molar-refractivity contribution in [3.8, 4) is 5.75 Å². The van der Waals surface area contributed by atoms with E-state index in [2.05, 4.69) is 4.98 Å². The minimum Gasteiger partial charge on any atom is -0.493 e. The maximum Gasteiger partial charge on any atom is 0.166 e. The number of aryl methyl sites for hydroxylation is 2. The SMILES string of the molecule is COc1cc2c(nc1N)CCCC2. The summed E-state index contributed by atoms with van der Waals surface area (Å²) in [6.45, 7) is 0. The fraction of sp³-hybridized carbons (Fsp3) is 0.500. The van der Waals surface area contributed by atoms with Crippen molar-refractivity contribution in [3.05, 3.63) is 17.3 Å². The zero-order valence-electron chi connectivity index (χ0n) is 7.84. The van der Waals surface area contributed by atoms with E-state index in [0.717, 1.165) is 18.5 Å². The van der Waals surface area contributed by atoms with Crippen molar-refractivity contribution in [2.75, 3.05) is 12.8 Å². The fourth-order valence-corrected chi connectivity index (χ4v) is 1.79. The molecular formula is C10H14N2O. The molecule has 0 fully saturated rings. The minimum absolute atomic E-state index is 0.517. The molecule has 1 aromatic rings. The highest BCUT2D eigenvalue weighted by atomic mass is 16.5. The molecule has 0 spiro atoms. The predicted molar refractivity (Wildman–Crippen MR) is 51.8 cm³/mol. The van der Waals surface area contributed by atoms with Gasteiger partial charge in [0, 0.05) is 5.69 Å². The molecule has 0 unspecified atom stereocenters. The summed E-state index contributed by atoms with van der Waals surface area (Å²) in [5.41, 5.74) is 8.18. The average molecular weight is 178 g/mol. The van der Waals surface area contributed by atoms with Gasteiger partial charge in [-0.3, -0.25) is 0 Å². The maximum atomic E-state index is 5.72. The third-order valence-corrected chi connectivity index (χ3v) is 2.51. The van der Waals surface area contributed by atoms with Gasteiger partial charge in [0.15, 0.2) is 11.6 Å². The summed E-state index contributed by atoms with van der Waals surface area (Å²) in [7, 11) is 1.63. The van der Waals surface area contributed by atoms with E-state index in [1.807, 2.05) is 6.07 Å². The van der Waals surface area contributed by atoms with Crippen molar-refractivity contribution in [3.63, 3.8) is 0 Å². The summed E-state index contributed by atoms with van der Waals surface area (Å²) >= 11 is 0. The molecule has 3 nitrogen and oxygen atoms in total. The first-order valence-corrected chi connectivity index (χ1v) is 4.63. The summed E-state index contributed by atoms with van der Waals surface area (Å²) in [6, 6.07) is 2.02. The van der Waals surface area contributed by atoms with E-state index in [1.165, 1.54) is 18.4 Å². The smallest absolute Gasteiger partial charge is 0.166 e. The summed E-state index contributed by atoms with van der Waals surface area (Å²) < 4.78 is 5.12. The molecule has 0 aliphatic heterocycles. The molecule has 2 N–H and O–H groups in total. The Hall–Kier alpha value is -1.25. The van der Waals surface area contributed by atoms with Crippen LogP contribution in [0.5, 0.6) is 5.75 Å². The number of anilines is 1. The standard InChI is InChI=1S/C10H14N2O/c1-13-9-6-7-4-2-3-5-8(7)12-10(9)11/h6H,2-5H2,1H3,(H2,11,12). The molecule has 1 aromatic heterocycles. The van der Waals surface area contributed by atoms with Crippen LogP contribution in [0.3, 0.4) is 0 Å². The van der Waals surface area contributed by atoms with Gasteiger partial charge in [0.05, 0.1) is 7.11 Å². The summed E-state index contributed by atoms with van der Waals surface area (Å²) in [6.07, 6.45) is 4.65. The van der Waals surface area contributed by atoms with E-state index >= 15 is 0 Å². The Morgan fingerprint density at radius 2 is 2.15 bits per heavy atom. The van der Waals surface area contributed by atoms with Crippen molar-refractivity contribution < 1.29 is 4.74 Å². The van der Waals surface area contributed by atoms with E-state index in [-0.39, 0.29) is 0 Å². The molecule has 0 amide bonds. The lowest BCUT2D eigenvalue weighted by Crippen LogP contribution is -2.08. The number of nitrogen functional groups attached to an aromatic ring is 1. The summed E-state index contributed by atoms with van der Waals surface area (Å²) in [5, 5.41) is 0. The first kappa shape index (κ1) is 8.35. The molecule has 0 atom stereocenters. The molecule has 2 rings (SSSR count). The van der Waals surface area contributed by atoms with E-state index in [9.17, 15) is 0 Å². The van der Waals surface area contributed by atoms with Crippen molar-refractivity contribution in [2.24, 2.45) is 0 Å². The topological polar surface area (TPSA) is 48.1 Å². The molecule has 3 heteroatoms. The number of aromatic nitrogens is 1. The number of hydrogen-bond donors (Lipinski definition) is 1. The van der Waals surface area contributed by atoms with Gasteiger partial charge in [-0.15, -0.1) is 0 Å². The summed E-state index contributed by atoms with van der Waals surface area (Å²) in [4.78, 5) is 4.34. The van der Waals surface area contributed by atoms with Gasteiger partial charge < -0.3 is 10.5 Å². The van der Waals surface area contributed by atoms with Crippen LogP contribution in [0.25, 0.3) is 0 Å². The first-order valence-electron chi connectivity index (χ1n) is 4.63. The lowest BCUT2D eigenvalue weighted by molar-refractivity contribution is 0.413. The monoisotopic (exact) mass is 178 g/mol. The zero-order valence-corrected chi connectivity index (χ0v) is 7.84. The van der Waals surface area contributed by atoms with Crippen molar-refractivity contribution in [2.45, 2.75) is 25.7 Å². The molecule has 0 radical (unpaired) electrons. The Kier molecular flexibility index (Phi) is 2.08. The second kappa shape index (κ2) is 3.24. The van der Waals surface area contributed by atoms with Crippen LogP contribution in [-0.2, 0) is 12.8 Å². The van der Waals surface area contributed by atoms with Crippen LogP contribution in [0, 0.1) is 0 Å². The molecule has 0 aromatic carbocycles. The van der Waals surface area contributed by atoms with E-state index < -0.39 is 0 Å². The fourth-order valence-electron chi connectivity index (χ4n) is 1.79. The lowest BCUT2D eigenvalue weighted by Gasteiger charge is -2.16. The number of fused-ring (bicyclic) bond motifs is 1. The Bertz CT molecular complexity index is 323. The van der Waals surface area contributed by atoms with E-state index in [1.54, 1.807) is 7.11 Å². The second-order valence-corrected chi connectivity index (χ2v) is 3.39. The Balaban J connectivity index is 2.44. The number of methoxy groups -OCH3 is 1. The minimum atomic E-state index is 0.517. The van der Waals surface area contributed by atoms with Gasteiger partial charge in [0.2, 0.25) is 0 Å². The number of nitrogens with zero attached hydrogens (tertiary/aromatic N) is 1. The largest absolute Gasteiger partial charge is 0.493 e. The molecule has 0 saturated carbocycles. The predicted octanol–water partition coefficient (Wildman–Crippen LogP) is 1.55. The Morgan fingerprint density at radius 3 is 2.92 bits per heavy atom. The molecule has 13 heavy (non-hydrogen) atoms. The van der Waals surface area contributed by atoms with Gasteiger partial charge in [0.1, 0.15) is 0 Å². The highest BCUT2D eigenvalue weighted by Crippen LogP contribution is 2.27. The van der Waals surface area contributed by atoms with Crippen molar-refractivity contribution in [1.29, 1.82) is 0 Å².